The Labute approximate surface area is 581 Å². The second-order valence-corrected chi connectivity index (χ2v) is 28.8. The number of nitrogens with zero attached hydrogens (tertiary/aromatic N) is 1. The molecule has 0 aliphatic heterocycles. The highest BCUT2D eigenvalue weighted by molar-refractivity contribution is 7.47. The molecule has 94 heavy (non-hydrogen) atoms. The first-order valence-electron chi connectivity index (χ1n) is 39.3. The Bertz CT molecular complexity index is 2010. The number of hydrogen-bond donors (Lipinski definition) is 1. The number of phosphoric ester groups is 1. The van der Waals surface area contributed by atoms with Gasteiger partial charge in [-0.3, -0.25) is 18.6 Å². The molecule has 0 spiro atoms. The number of esters is 2. The largest absolute Gasteiger partial charge is 0.472 e. The standard InChI is InChI=1S/C84H148NO8P/c1-6-8-10-12-14-16-18-20-22-24-26-28-30-32-34-36-38-40-41-42-43-45-46-48-50-52-54-56-58-60-62-64-66-68-70-72-74-76-83(86)90-80-82(81-92-94(88,89)91-79-78-85(3,4)5)93-84(87)77-75-73-71-69-67-65-63-61-59-57-55-53-51-49-47-44-39-37-35-33-31-29-27-25-23-21-19-17-15-13-11-9-7-2/h9,11,15,17,21,23,27,29,33,35,39,44,49,51,55,57,61,63,67,69,82H,6-8,10,12-14,16,18-20,22,24-26,28,30-32,34,36-38,40-43,45-48,50,52-54,56,58-60,62,64-66,68,70-81H2,1-5H3/p+1/b11-9-,17-15-,23-21-,29-27-,35-33-,44-39-,51-49-,57-55-,63-61-,69-67-. The average Bonchev–Trinajstić information content (AvgIpc) is 1.56. The van der Waals surface area contributed by atoms with Crippen molar-refractivity contribution in [2.45, 2.75) is 354 Å². The second-order valence-electron chi connectivity index (χ2n) is 27.4. The fraction of sp³-hybridized carbons (Fsp3) is 0.738. The molecular formula is C84H149NO8P+. The van der Waals surface area contributed by atoms with Crippen molar-refractivity contribution in [1.82, 2.24) is 0 Å². The van der Waals surface area contributed by atoms with E-state index in [4.69, 9.17) is 18.5 Å². The Morgan fingerprint density at radius 1 is 0.340 bits per heavy atom. The Hall–Kier alpha value is -3.59. The van der Waals surface area contributed by atoms with Crippen LogP contribution in [0.25, 0.3) is 0 Å². The highest BCUT2D eigenvalue weighted by Crippen LogP contribution is 2.43. The molecule has 0 aromatic carbocycles. The lowest BCUT2D eigenvalue weighted by Gasteiger charge is -2.24. The zero-order chi connectivity index (χ0) is 68.3. The maximum absolute atomic E-state index is 12.9. The molecule has 0 aromatic heterocycles. The lowest BCUT2D eigenvalue weighted by molar-refractivity contribution is -0.870. The summed E-state index contributed by atoms with van der Waals surface area (Å²) in [6, 6.07) is 0. The molecule has 0 heterocycles. The second kappa shape index (κ2) is 73.7. The van der Waals surface area contributed by atoms with Gasteiger partial charge in [0, 0.05) is 12.8 Å². The highest BCUT2D eigenvalue weighted by atomic mass is 31.2. The van der Waals surface area contributed by atoms with Gasteiger partial charge in [0.05, 0.1) is 27.7 Å². The van der Waals surface area contributed by atoms with Crippen LogP contribution in [0.5, 0.6) is 0 Å². The van der Waals surface area contributed by atoms with Crippen LogP contribution in [-0.4, -0.2) is 74.9 Å². The predicted octanol–water partition coefficient (Wildman–Crippen LogP) is 26.2. The molecule has 1 N–H and O–H groups in total. The molecule has 0 aromatic rings. The first-order chi connectivity index (χ1) is 46.0. The van der Waals surface area contributed by atoms with E-state index >= 15 is 0 Å². The van der Waals surface area contributed by atoms with Gasteiger partial charge in [0.25, 0.3) is 0 Å². The van der Waals surface area contributed by atoms with E-state index in [-0.39, 0.29) is 32.0 Å². The van der Waals surface area contributed by atoms with E-state index in [1.165, 1.54) is 218 Å². The smallest absolute Gasteiger partial charge is 0.462 e. The number of ether oxygens (including phenoxy) is 2. The Morgan fingerprint density at radius 3 is 0.904 bits per heavy atom. The molecule has 2 unspecified atom stereocenters. The van der Waals surface area contributed by atoms with Gasteiger partial charge in [-0.2, -0.15) is 0 Å². The first kappa shape index (κ1) is 90.4. The molecule has 0 saturated carbocycles. The molecular weight excluding hydrogens is 1180 g/mol. The lowest BCUT2D eigenvalue weighted by Crippen LogP contribution is -2.37. The summed E-state index contributed by atoms with van der Waals surface area (Å²) in [4.78, 5) is 35.9. The predicted molar refractivity (Wildman–Crippen MR) is 408 cm³/mol. The van der Waals surface area contributed by atoms with E-state index in [0.29, 0.717) is 17.4 Å². The van der Waals surface area contributed by atoms with Gasteiger partial charge in [-0.25, -0.2) is 4.57 Å². The summed E-state index contributed by atoms with van der Waals surface area (Å²) in [6.07, 6.45) is 106. The van der Waals surface area contributed by atoms with Crippen LogP contribution in [0.2, 0.25) is 0 Å². The molecule has 10 heteroatoms. The van der Waals surface area contributed by atoms with E-state index in [9.17, 15) is 19.0 Å². The Balaban J connectivity index is 4.05. The molecule has 0 aliphatic rings. The van der Waals surface area contributed by atoms with E-state index in [0.717, 1.165) is 96.3 Å². The van der Waals surface area contributed by atoms with Crippen molar-refractivity contribution in [3.8, 4) is 0 Å². The van der Waals surface area contributed by atoms with Crippen molar-refractivity contribution in [3.63, 3.8) is 0 Å². The van der Waals surface area contributed by atoms with Gasteiger partial charge in [-0.1, -0.05) is 367 Å². The van der Waals surface area contributed by atoms with Crippen molar-refractivity contribution in [1.29, 1.82) is 0 Å². The average molecular weight is 1330 g/mol. The van der Waals surface area contributed by atoms with Gasteiger partial charge >= 0.3 is 19.8 Å². The molecule has 0 bridgehead atoms. The van der Waals surface area contributed by atoms with Crippen molar-refractivity contribution < 1.29 is 42.1 Å². The summed E-state index contributed by atoms with van der Waals surface area (Å²) >= 11 is 0. The van der Waals surface area contributed by atoms with Gasteiger partial charge < -0.3 is 18.9 Å². The Morgan fingerprint density at radius 2 is 0.606 bits per heavy atom. The number of carbonyl (C=O) groups excluding carboxylic acids is 2. The van der Waals surface area contributed by atoms with E-state index < -0.39 is 26.5 Å². The van der Waals surface area contributed by atoms with Gasteiger partial charge in [-0.05, 0) is 89.9 Å². The molecule has 2 atom stereocenters. The van der Waals surface area contributed by atoms with Crippen molar-refractivity contribution >= 4 is 19.8 Å². The van der Waals surface area contributed by atoms with Crippen LogP contribution >= 0.6 is 7.82 Å². The highest BCUT2D eigenvalue weighted by Gasteiger charge is 2.27. The zero-order valence-electron chi connectivity index (χ0n) is 61.9. The SMILES string of the molecule is CC/C=C\C/C=C\C/C=C\C/C=C\C/C=C\C/C=C\C/C=C\C/C=C\C/C=C\C/C=C\CCCCC(=O)OC(COC(=O)CCCCCCCCCCCCCCCCCCCCCCCCCCCCCCCCCCCCCCC)COP(=O)(O)OCC[N+](C)(C)C. The normalized spacial score (nSPS) is 13.7. The number of phosphoric acid groups is 1. The number of quaternary nitrogens is 1. The molecule has 0 fully saturated rings. The van der Waals surface area contributed by atoms with Crippen LogP contribution in [0, 0.1) is 0 Å². The van der Waals surface area contributed by atoms with Gasteiger partial charge in [0.15, 0.2) is 6.10 Å². The molecule has 0 rings (SSSR count). The number of hydrogen-bond acceptors (Lipinski definition) is 7. The summed E-state index contributed by atoms with van der Waals surface area (Å²) < 4.78 is 34.7. The van der Waals surface area contributed by atoms with Crippen LogP contribution in [-0.2, 0) is 32.7 Å². The third-order valence-electron chi connectivity index (χ3n) is 17.0. The summed E-state index contributed by atoms with van der Waals surface area (Å²) in [5.74, 6) is -0.844. The van der Waals surface area contributed by atoms with Crippen LogP contribution in [0.4, 0.5) is 0 Å². The number of likely N-dealkylation sites (N-methyl/N-ethyl adjacent to an activating group) is 1. The fourth-order valence-electron chi connectivity index (χ4n) is 11.0. The fourth-order valence-corrected chi connectivity index (χ4v) is 11.8. The topological polar surface area (TPSA) is 108 Å². The quantitative estimate of drug-likeness (QED) is 0.0211. The van der Waals surface area contributed by atoms with Gasteiger partial charge in [-0.15, -0.1) is 0 Å². The number of carbonyl (C=O) groups is 2. The van der Waals surface area contributed by atoms with Gasteiger partial charge in [0.2, 0.25) is 0 Å². The maximum Gasteiger partial charge on any atom is 0.472 e. The van der Waals surface area contributed by atoms with E-state index in [1.807, 2.05) is 21.1 Å². The number of unbranched alkanes of at least 4 members (excludes halogenated alkanes) is 38. The minimum atomic E-state index is -4.41. The molecule has 0 radical (unpaired) electrons. The van der Waals surface area contributed by atoms with Crippen LogP contribution in [0.15, 0.2) is 122 Å². The monoisotopic (exact) mass is 1330 g/mol. The van der Waals surface area contributed by atoms with Gasteiger partial charge in [0.1, 0.15) is 19.8 Å². The molecule has 9 nitrogen and oxygen atoms in total. The maximum atomic E-state index is 12.9. The van der Waals surface area contributed by atoms with Crippen molar-refractivity contribution in [2.75, 3.05) is 47.5 Å². The van der Waals surface area contributed by atoms with Crippen molar-refractivity contribution in [3.05, 3.63) is 122 Å². The molecule has 0 saturated heterocycles. The summed E-state index contributed by atoms with van der Waals surface area (Å²) in [6.45, 7) is 4.30. The van der Waals surface area contributed by atoms with Crippen LogP contribution in [0.3, 0.4) is 0 Å². The molecule has 0 amide bonds. The molecule has 542 valence electrons. The summed E-state index contributed by atoms with van der Waals surface area (Å²) in [5.41, 5.74) is 0. The minimum absolute atomic E-state index is 0.0182. The third-order valence-corrected chi connectivity index (χ3v) is 18.0. The Kier molecular flexibility index (Phi) is 70.8. The zero-order valence-corrected chi connectivity index (χ0v) is 62.8. The first-order valence-corrected chi connectivity index (χ1v) is 40.8. The minimum Gasteiger partial charge on any atom is -0.462 e. The van der Waals surface area contributed by atoms with Crippen LogP contribution < -0.4 is 0 Å². The number of allylic oxidation sites excluding steroid dienone is 20. The van der Waals surface area contributed by atoms with Crippen molar-refractivity contribution in [2.24, 2.45) is 0 Å². The lowest BCUT2D eigenvalue weighted by atomic mass is 10.0. The number of rotatable bonds is 72. The summed E-state index contributed by atoms with van der Waals surface area (Å²) in [5, 5.41) is 0. The van der Waals surface area contributed by atoms with Crippen LogP contribution in [0.1, 0.15) is 348 Å². The summed E-state index contributed by atoms with van der Waals surface area (Å²) in [7, 11) is 1.44. The van der Waals surface area contributed by atoms with E-state index in [1.54, 1.807) is 0 Å². The third kappa shape index (κ3) is 77.4. The van der Waals surface area contributed by atoms with E-state index in [2.05, 4.69) is 135 Å². The molecule has 0 aliphatic carbocycles.